The number of halogens is 2. The van der Waals surface area contributed by atoms with E-state index in [0.29, 0.717) is 5.56 Å². The van der Waals surface area contributed by atoms with Crippen molar-refractivity contribution in [3.05, 3.63) is 35.4 Å². The molecule has 0 aliphatic carbocycles. The largest absolute Gasteiger partial charge is 0.368 e. The average molecular weight is 214 g/mol. The molecule has 0 spiro atoms. The van der Waals surface area contributed by atoms with Crippen LogP contribution in [0.2, 0.25) is 0 Å². The topological polar surface area (TPSA) is 55.1 Å². The molecule has 3 N–H and O–H groups in total. The van der Waals surface area contributed by atoms with E-state index in [-0.39, 0.29) is 6.54 Å². The smallest absolute Gasteiger partial charge is 0.234 e. The molecule has 1 amide bonds. The SMILES string of the molecule is CC(NCc1ccc(F)cc1F)C(N)=O. The zero-order valence-corrected chi connectivity index (χ0v) is 8.26. The molecule has 0 saturated heterocycles. The van der Waals surface area contributed by atoms with E-state index in [2.05, 4.69) is 5.32 Å². The molecule has 1 aromatic carbocycles. The monoisotopic (exact) mass is 214 g/mol. The van der Waals surface area contributed by atoms with Gasteiger partial charge in [0.2, 0.25) is 5.91 Å². The van der Waals surface area contributed by atoms with Crippen LogP contribution in [-0.4, -0.2) is 11.9 Å². The number of nitrogens with one attached hydrogen (secondary N) is 1. The number of nitrogens with two attached hydrogens (primary N) is 1. The summed E-state index contributed by atoms with van der Waals surface area (Å²) in [5.41, 5.74) is 5.30. The van der Waals surface area contributed by atoms with Gasteiger partial charge in [0.05, 0.1) is 6.04 Å². The molecular weight excluding hydrogens is 202 g/mol. The van der Waals surface area contributed by atoms with Gasteiger partial charge in [-0.2, -0.15) is 0 Å². The molecule has 0 bridgehead atoms. The zero-order chi connectivity index (χ0) is 11.4. The van der Waals surface area contributed by atoms with E-state index < -0.39 is 23.6 Å². The van der Waals surface area contributed by atoms with Gasteiger partial charge in [0.25, 0.3) is 0 Å². The van der Waals surface area contributed by atoms with E-state index in [1.165, 1.54) is 6.07 Å². The predicted molar refractivity (Wildman–Crippen MR) is 51.9 cm³/mol. The number of amides is 1. The molecule has 0 heterocycles. The second-order valence-electron chi connectivity index (χ2n) is 3.24. The van der Waals surface area contributed by atoms with Gasteiger partial charge in [-0.1, -0.05) is 6.07 Å². The standard InChI is InChI=1S/C10H12F2N2O/c1-6(10(13)15)14-5-7-2-3-8(11)4-9(7)12/h2-4,6,14H,5H2,1H3,(H2,13,15). The Morgan fingerprint density at radius 3 is 2.73 bits per heavy atom. The fourth-order valence-corrected chi connectivity index (χ4v) is 1.03. The van der Waals surface area contributed by atoms with Crippen molar-refractivity contribution >= 4 is 5.91 Å². The van der Waals surface area contributed by atoms with Gasteiger partial charge in [-0.3, -0.25) is 4.79 Å². The van der Waals surface area contributed by atoms with Crippen molar-refractivity contribution in [2.75, 3.05) is 0 Å². The number of carbonyl (C=O) groups excluding carboxylic acids is 1. The molecule has 3 nitrogen and oxygen atoms in total. The second kappa shape index (κ2) is 4.84. The number of hydrogen-bond acceptors (Lipinski definition) is 2. The summed E-state index contributed by atoms with van der Waals surface area (Å²) >= 11 is 0. The molecule has 0 aliphatic heterocycles. The second-order valence-corrected chi connectivity index (χ2v) is 3.24. The number of benzene rings is 1. The highest BCUT2D eigenvalue weighted by Crippen LogP contribution is 2.09. The van der Waals surface area contributed by atoms with Crippen LogP contribution >= 0.6 is 0 Å². The fraction of sp³-hybridized carbons (Fsp3) is 0.300. The summed E-state index contributed by atoms with van der Waals surface area (Å²) in [6.45, 7) is 1.71. The van der Waals surface area contributed by atoms with Gasteiger partial charge in [0.15, 0.2) is 0 Å². The summed E-state index contributed by atoms with van der Waals surface area (Å²) < 4.78 is 25.6. The van der Waals surface area contributed by atoms with Crippen LogP contribution < -0.4 is 11.1 Å². The van der Waals surface area contributed by atoms with E-state index in [1.807, 2.05) is 0 Å². The maximum absolute atomic E-state index is 13.1. The maximum Gasteiger partial charge on any atom is 0.234 e. The summed E-state index contributed by atoms with van der Waals surface area (Å²) in [4.78, 5) is 10.7. The average Bonchev–Trinajstić information content (AvgIpc) is 2.15. The Morgan fingerprint density at radius 1 is 1.53 bits per heavy atom. The number of carbonyl (C=O) groups is 1. The van der Waals surface area contributed by atoms with Crippen LogP contribution in [0.1, 0.15) is 12.5 Å². The van der Waals surface area contributed by atoms with E-state index in [0.717, 1.165) is 12.1 Å². The third-order valence-electron chi connectivity index (χ3n) is 2.04. The van der Waals surface area contributed by atoms with Crippen LogP contribution in [0.3, 0.4) is 0 Å². The highest BCUT2D eigenvalue weighted by Gasteiger charge is 2.09. The summed E-state index contributed by atoms with van der Waals surface area (Å²) in [5.74, 6) is -1.78. The quantitative estimate of drug-likeness (QED) is 0.783. The van der Waals surface area contributed by atoms with Gasteiger partial charge in [-0.15, -0.1) is 0 Å². The number of primary amides is 1. The Bertz CT molecular complexity index is 368. The molecule has 0 fully saturated rings. The van der Waals surface area contributed by atoms with Gasteiger partial charge in [-0.05, 0) is 13.0 Å². The first-order valence-corrected chi connectivity index (χ1v) is 4.47. The van der Waals surface area contributed by atoms with Gasteiger partial charge < -0.3 is 11.1 Å². The van der Waals surface area contributed by atoms with Crippen LogP contribution in [0.5, 0.6) is 0 Å². The van der Waals surface area contributed by atoms with Crippen molar-refractivity contribution in [2.45, 2.75) is 19.5 Å². The minimum absolute atomic E-state index is 0.135. The van der Waals surface area contributed by atoms with Gasteiger partial charge in [0.1, 0.15) is 11.6 Å². The van der Waals surface area contributed by atoms with Crippen LogP contribution in [0.25, 0.3) is 0 Å². The van der Waals surface area contributed by atoms with E-state index in [4.69, 9.17) is 5.73 Å². The normalized spacial score (nSPS) is 12.5. The predicted octanol–water partition coefficient (Wildman–Crippen LogP) is 0.928. The minimum atomic E-state index is -0.640. The maximum atomic E-state index is 13.1. The fourth-order valence-electron chi connectivity index (χ4n) is 1.03. The molecule has 1 atom stereocenters. The Balaban J connectivity index is 2.62. The third kappa shape index (κ3) is 3.28. The summed E-state index contributed by atoms with van der Waals surface area (Å²) in [5, 5.41) is 2.72. The lowest BCUT2D eigenvalue weighted by Crippen LogP contribution is -2.38. The van der Waals surface area contributed by atoms with E-state index in [9.17, 15) is 13.6 Å². The molecule has 0 aromatic heterocycles. The van der Waals surface area contributed by atoms with Crippen molar-refractivity contribution in [2.24, 2.45) is 5.73 Å². The molecular formula is C10H12F2N2O. The highest BCUT2D eigenvalue weighted by atomic mass is 19.1. The van der Waals surface area contributed by atoms with Gasteiger partial charge >= 0.3 is 0 Å². The summed E-state index contributed by atoms with van der Waals surface area (Å²) in [6, 6.07) is 2.74. The molecule has 0 radical (unpaired) electrons. The van der Waals surface area contributed by atoms with Gasteiger partial charge in [-0.25, -0.2) is 8.78 Å². The first-order chi connectivity index (χ1) is 7.00. The zero-order valence-electron chi connectivity index (χ0n) is 8.26. The third-order valence-corrected chi connectivity index (χ3v) is 2.04. The lowest BCUT2D eigenvalue weighted by atomic mass is 10.2. The summed E-state index contributed by atoms with van der Waals surface area (Å²) in [6.07, 6.45) is 0. The van der Waals surface area contributed by atoms with Crippen LogP contribution in [-0.2, 0) is 11.3 Å². The number of hydrogen-bond donors (Lipinski definition) is 2. The number of rotatable bonds is 4. The van der Waals surface area contributed by atoms with Crippen molar-refractivity contribution in [3.63, 3.8) is 0 Å². The van der Waals surface area contributed by atoms with Crippen molar-refractivity contribution in [1.82, 2.24) is 5.32 Å². The van der Waals surface area contributed by atoms with E-state index in [1.54, 1.807) is 6.92 Å². The lowest BCUT2D eigenvalue weighted by Gasteiger charge is -2.10. The van der Waals surface area contributed by atoms with Crippen LogP contribution in [0.15, 0.2) is 18.2 Å². The van der Waals surface area contributed by atoms with Crippen LogP contribution in [0, 0.1) is 11.6 Å². The van der Waals surface area contributed by atoms with Gasteiger partial charge in [0, 0.05) is 18.2 Å². The Hall–Kier alpha value is -1.49. The van der Waals surface area contributed by atoms with Crippen molar-refractivity contribution < 1.29 is 13.6 Å². The minimum Gasteiger partial charge on any atom is -0.368 e. The highest BCUT2D eigenvalue weighted by molar-refractivity contribution is 5.79. The Kier molecular flexibility index (Phi) is 3.74. The van der Waals surface area contributed by atoms with Crippen LogP contribution in [0.4, 0.5) is 8.78 Å². The lowest BCUT2D eigenvalue weighted by molar-refractivity contribution is -0.119. The molecule has 0 aliphatic rings. The molecule has 82 valence electrons. The molecule has 1 unspecified atom stereocenters. The van der Waals surface area contributed by atoms with Crippen molar-refractivity contribution in [3.8, 4) is 0 Å². The molecule has 15 heavy (non-hydrogen) atoms. The molecule has 5 heteroatoms. The molecule has 1 aromatic rings. The van der Waals surface area contributed by atoms with Crippen molar-refractivity contribution in [1.29, 1.82) is 0 Å². The first kappa shape index (κ1) is 11.6. The first-order valence-electron chi connectivity index (χ1n) is 4.47. The molecule has 1 rings (SSSR count). The molecule has 0 saturated carbocycles. The van der Waals surface area contributed by atoms with E-state index >= 15 is 0 Å². The Morgan fingerprint density at radius 2 is 2.20 bits per heavy atom. The summed E-state index contributed by atoms with van der Waals surface area (Å²) in [7, 11) is 0. The Labute approximate surface area is 86.3 Å².